The summed E-state index contributed by atoms with van der Waals surface area (Å²) in [5.41, 5.74) is 1.44. The van der Waals surface area contributed by atoms with Crippen LogP contribution in [0.5, 0.6) is 5.75 Å². The highest BCUT2D eigenvalue weighted by molar-refractivity contribution is 6.02. The van der Waals surface area contributed by atoms with Crippen LogP contribution < -0.4 is 15.4 Å². The summed E-state index contributed by atoms with van der Waals surface area (Å²) in [6.45, 7) is 0. The van der Waals surface area contributed by atoms with E-state index in [1.54, 1.807) is 43.5 Å². The van der Waals surface area contributed by atoms with Gasteiger partial charge >= 0.3 is 0 Å². The number of amides is 1. The average Bonchev–Trinajstić information content (AvgIpc) is 2.64. The molecule has 3 rings (SSSR count). The molecule has 0 spiro atoms. The van der Waals surface area contributed by atoms with Gasteiger partial charge < -0.3 is 15.4 Å². The smallest absolute Gasteiger partial charge is 0.275 e. The van der Waals surface area contributed by atoms with E-state index in [0.29, 0.717) is 22.9 Å². The van der Waals surface area contributed by atoms with E-state index in [-0.39, 0.29) is 17.4 Å². The van der Waals surface area contributed by atoms with Crippen molar-refractivity contribution in [2.75, 3.05) is 17.7 Å². The second-order valence-corrected chi connectivity index (χ2v) is 5.10. The Hall–Kier alpha value is -3.48. The average molecular weight is 338 g/mol. The lowest BCUT2D eigenvalue weighted by Gasteiger charge is -2.08. The molecule has 1 heterocycles. The van der Waals surface area contributed by atoms with Crippen molar-refractivity contribution >= 4 is 23.1 Å². The molecule has 0 aliphatic carbocycles. The fraction of sp³-hybridized carbons (Fsp3) is 0.0556. The molecule has 0 atom stereocenters. The molecular formula is C18H15FN4O2. The number of methoxy groups -OCH3 is 1. The number of halogens is 1. The van der Waals surface area contributed by atoms with Gasteiger partial charge in [0.2, 0.25) is 0 Å². The lowest BCUT2D eigenvalue weighted by atomic mass is 10.3. The summed E-state index contributed by atoms with van der Waals surface area (Å²) in [5, 5.41) is 5.70. The molecule has 2 aromatic carbocycles. The van der Waals surface area contributed by atoms with Gasteiger partial charge in [-0.3, -0.25) is 4.79 Å². The largest absolute Gasteiger partial charge is 0.497 e. The molecule has 126 valence electrons. The van der Waals surface area contributed by atoms with Crippen LogP contribution in [0.15, 0.2) is 60.9 Å². The molecule has 25 heavy (non-hydrogen) atoms. The van der Waals surface area contributed by atoms with Crippen LogP contribution in [0.25, 0.3) is 0 Å². The second-order valence-electron chi connectivity index (χ2n) is 5.10. The third kappa shape index (κ3) is 4.29. The minimum atomic E-state index is -0.380. The Balaban J connectivity index is 1.66. The van der Waals surface area contributed by atoms with Gasteiger partial charge in [0.1, 0.15) is 23.1 Å². The fourth-order valence-electron chi connectivity index (χ4n) is 2.09. The van der Waals surface area contributed by atoms with Gasteiger partial charge in [-0.2, -0.15) is 0 Å². The van der Waals surface area contributed by atoms with Crippen molar-refractivity contribution in [1.29, 1.82) is 0 Å². The number of nitrogens with zero attached hydrogens (tertiary/aromatic N) is 2. The van der Waals surface area contributed by atoms with E-state index < -0.39 is 0 Å². The Morgan fingerprint density at radius 1 is 1.04 bits per heavy atom. The molecule has 0 fully saturated rings. The van der Waals surface area contributed by atoms with Gasteiger partial charge in [-0.15, -0.1) is 0 Å². The summed E-state index contributed by atoms with van der Waals surface area (Å²) in [7, 11) is 1.55. The summed E-state index contributed by atoms with van der Waals surface area (Å²) in [6, 6.07) is 12.9. The van der Waals surface area contributed by atoms with Gasteiger partial charge in [-0.1, -0.05) is 6.07 Å². The number of hydrogen-bond acceptors (Lipinski definition) is 5. The third-order valence-corrected chi connectivity index (χ3v) is 3.33. The number of carbonyl (C=O) groups excluding carboxylic acids is 1. The molecule has 2 N–H and O–H groups in total. The highest BCUT2D eigenvalue weighted by atomic mass is 19.1. The summed E-state index contributed by atoms with van der Waals surface area (Å²) >= 11 is 0. The van der Waals surface area contributed by atoms with E-state index in [2.05, 4.69) is 20.6 Å². The van der Waals surface area contributed by atoms with Crippen LogP contribution in [0.3, 0.4) is 0 Å². The van der Waals surface area contributed by atoms with Crippen LogP contribution in [-0.2, 0) is 0 Å². The van der Waals surface area contributed by atoms with Crippen LogP contribution >= 0.6 is 0 Å². The Bertz CT molecular complexity index is 867. The van der Waals surface area contributed by atoms with E-state index in [0.717, 1.165) is 0 Å². The molecule has 0 aliphatic heterocycles. The number of aromatic nitrogens is 2. The number of nitrogens with one attached hydrogen (secondary N) is 2. The van der Waals surface area contributed by atoms with Crippen LogP contribution in [0.4, 0.5) is 21.6 Å². The van der Waals surface area contributed by atoms with Crippen LogP contribution in [0, 0.1) is 5.82 Å². The Kier molecular flexibility index (Phi) is 4.84. The first-order valence-corrected chi connectivity index (χ1v) is 7.44. The van der Waals surface area contributed by atoms with Gasteiger partial charge in [0.05, 0.1) is 19.5 Å². The molecule has 0 radical (unpaired) electrons. The normalized spacial score (nSPS) is 10.2. The van der Waals surface area contributed by atoms with Crippen molar-refractivity contribution in [2.45, 2.75) is 0 Å². The zero-order chi connectivity index (χ0) is 17.6. The SMILES string of the molecule is COc1cccc(NC(=O)c2cnc(Nc3ccc(F)cc3)cn2)c1. The molecule has 0 aliphatic rings. The number of benzene rings is 2. The number of rotatable bonds is 5. The van der Waals surface area contributed by atoms with Crippen molar-refractivity contribution in [3.05, 3.63) is 72.4 Å². The minimum absolute atomic E-state index is 0.174. The van der Waals surface area contributed by atoms with Gasteiger partial charge in [-0.25, -0.2) is 14.4 Å². The molecule has 1 aromatic heterocycles. The molecule has 0 saturated heterocycles. The monoisotopic (exact) mass is 338 g/mol. The van der Waals surface area contributed by atoms with E-state index in [9.17, 15) is 9.18 Å². The summed E-state index contributed by atoms with van der Waals surface area (Å²) < 4.78 is 18.0. The Morgan fingerprint density at radius 3 is 2.52 bits per heavy atom. The topological polar surface area (TPSA) is 76.1 Å². The number of carbonyl (C=O) groups is 1. The Morgan fingerprint density at radius 2 is 1.84 bits per heavy atom. The number of hydrogen-bond donors (Lipinski definition) is 2. The first-order chi connectivity index (χ1) is 12.1. The van der Waals surface area contributed by atoms with Crippen LogP contribution in [0.1, 0.15) is 10.5 Å². The molecule has 0 unspecified atom stereocenters. The lowest BCUT2D eigenvalue weighted by molar-refractivity contribution is 0.102. The highest BCUT2D eigenvalue weighted by Crippen LogP contribution is 2.18. The molecule has 0 bridgehead atoms. The van der Waals surface area contributed by atoms with Crippen molar-refractivity contribution in [2.24, 2.45) is 0 Å². The zero-order valence-electron chi connectivity index (χ0n) is 13.4. The van der Waals surface area contributed by atoms with Crippen LogP contribution in [0.2, 0.25) is 0 Å². The van der Waals surface area contributed by atoms with Gasteiger partial charge in [0, 0.05) is 17.4 Å². The number of ether oxygens (including phenoxy) is 1. The first-order valence-electron chi connectivity index (χ1n) is 7.44. The van der Waals surface area contributed by atoms with Crippen molar-refractivity contribution < 1.29 is 13.9 Å². The lowest BCUT2D eigenvalue weighted by Crippen LogP contribution is -2.14. The van der Waals surface area contributed by atoms with E-state index >= 15 is 0 Å². The van der Waals surface area contributed by atoms with Gasteiger partial charge in [-0.05, 0) is 36.4 Å². The molecule has 7 heteroatoms. The maximum atomic E-state index is 12.9. The predicted octanol–water partition coefficient (Wildman–Crippen LogP) is 3.62. The Labute approximate surface area is 143 Å². The maximum absolute atomic E-state index is 12.9. The first kappa shape index (κ1) is 16.4. The standard InChI is InChI=1S/C18H15FN4O2/c1-25-15-4-2-3-14(9-15)23-18(24)16-10-21-17(11-20-16)22-13-7-5-12(19)6-8-13/h2-11H,1H3,(H,21,22)(H,23,24). The molecule has 0 saturated carbocycles. The zero-order valence-corrected chi connectivity index (χ0v) is 13.4. The van der Waals surface area contributed by atoms with E-state index in [4.69, 9.17) is 4.74 Å². The summed E-state index contributed by atoms with van der Waals surface area (Å²) in [5.74, 6) is 0.391. The molecular weight excluding hydrogens is 323 g/mol. The highest BCUT2D eigenvalue weighted by Gasteiger charge is 2.09. The molecule has 6 nitrogen and oxygen atoms in total. The van der Waals surface area contributed by atoms with E-state index in [1.807, 2.05) is 0 Å². The van der Waals surface area contributed by atoms with Gasteiger partial charge in [0.15, 0.2) is 0 Å². The quantitative estimate of drug-likeness (QED) is 0.743. The fourth-order valence-corrected chi connectivity index (χ4v) is 2.09. The number of anilines is 3. The summed E-state index contributed by atoms with van der Waals surface area (Å²) in [6.07, 6.45) is 2.80. The summed E-state index contributed by atoms with van der Waals surface area (Å²) in [4.78, 5) is 20.4. The van der Waals surface area contributed by atoms with Crippen LogP contribution in [-0.4, -0.2) is 23.0 Å². The van der Waals surface area contributed by atoms with E-state index in [1.165, 1.54) is 24.5 Å². The second kappa shape index (κ2) is 7.39. The van der Waals surface area contributed by atoms with Crippen molar-refractivity contribution in [3.63, 3.8) is 0 Å². The minimum Gasteiger partial charge on any atom is -0.497 e. The maximum Gasteiger partial charge on any atom is 0.275 e. The third-order valence-electron chi connectivity index (χ3n) is 3.33. The van der Waals surface area contributed by atoms with Crippen molar-refractivity contribution in [3.8, 4) is 5.75 Å². The molecule has 1 amide bonds. The van der Waals surface area contributed by atoms with Gasteiger partial charge in [0.25, 0.3) is 5.91 Å². The predicted molar refractivity (Wildman–Crippen MR) is 92.7 cm³/mol. The van der Waals surface area contributed by atoms with Crippen molar-refractivity contribution in [1.82, 2.24) is 9.97 Å². The molecule has 3 aromatic rings.